The Labute approximate surface area is 161 Å². The number of benzene rings is 1. The summed E-state index contributed by atoms with van der Waals surface area (Å²) in [5, 5.41) is 10.6. The highest BCUT2D eigenvalue weighted by Crippen LogP contribution is 2.20. The van der Waals surface area contributed by atoms with Crippen molar-refractivity contribution < 1.29 is 9.21 Å². The van der Waals surface area contributed by atoms with E-state index in [0.29, 0.717) is 15.6 Å². The minimum absolute atomic E-state index is 0.0210. The molecule has 2 aromatic heterocycles. The minimum Gasteiger partial charge on any atom is -0.469 e. The molecule has 2 N–H and O–H groups in total. The molecule has 136 valence electrons. The number of amides is 1. The Morgan fingerprint density at radius 2 is 2.15 bits per heavy atom. The van der Waals surface area contributed by atoms with Crippen LogP contribution in [0.4, 0.5) is 0 Å². The monoisotopic (exact) mass is 390 g/mol. The zero-order chi connectivity index (χ0) is 18.5. The number of furan rings is 1. The number of nitrogens with one attached hydrogen (secondary N) is 2. The topological polar surface area (TPSA) is 75.8 Å². The first-order valence-electron chi connectivity index (χ1n) is 8.26. The fourth-order valence-electron chi connectivity index (χ4n) is 2.63. The van der Waals surface area contributed by atoms with Crippen molar-refractivity contribution in [2.24, 2.45) is 0 Å². The second-order valence-corrected chi connectivity index (χ2v) is 6.86. The van der Waals surface area contributed by atoms with Crippen LogP contribution < -0.4 is 5.32 Å². The van der Waals surface area contributed by atoms with Gasteiger partial charge in [-0.1, -0.05) is 11.6 Å². The molecule has 0 saturated heterocycles. The largest absolute Gasteiger partial charge is 0.469 e. The Hall–Kier alpha value is -2.38. The molecule has 3 rings (SSSR count). The fourth-order valence-corrected chi connectivity index (χ4v) is 2.96. The first-order valence-corrected chi connectivity index (χ1v) is 9.04. The number of carbonyl (C=O) groups excluding carboxylic acids is 1. The number of hydrogen-bond acceptors (Lipinski definition) is 4. The Morgan fingerprint density at radius 3 is 2.85 bits per heavy atom. The smallest absolute Gasteiger partial charge is 0.240 e. The standard InChI is InChI=1S/C18H19ClN4O2S/c1-12(4-9-15-3-2-10-25-15)20-16(24)11-23-17(21-22-18(23)26)13-5-7-14(19)8-6-13/h2-3,5-8,10,12H,4,9,11H2,1H3,(H,20,24)(H,22,26)/t12-/m0/s1. The summed E-state index contributed by atoms with van der Waals surface area (Å²) in [7, 11) is 0. The zero-order valence-electron chi connectivity index (χ0n) is 14.2. The highest BCUT2D eigenvalue weighted by atomic mass is 35.5. The zero-order valence-corrected chi connectivity index (χ0v) is 15.8. The Kier molecular flexibility index (Phi) is 5.90. The fraction of sp³-hybridized carbons (Fsp3) is 0.278. The molecule has 3 aromatic rings. The number of halogens is 1. The van der Waals surface area contributed by atoms with Crippen LogP contribution in [0.25, 0.3) is 11.4 Å². The van der Waals surface area contributed by atoms with Gasteiger partial charge in [0, 0.05) is 23.0 Å². The highest BCUT2D eigenvalue weighted by Gasteiger charge is 2.14. The van der Waals surface area contributed by atoms with E-state index in [1.54, 1.807) is 23.0 Å². The molecule has 0 radical (unpaired) electrons. The van der Waals surface area contributed by atoms with E-state index in [4.69, 9.17) is 28.2 Å². The number of aryl methyl sites for hydroxylation is 1. The van der Waals surface area contributed by atoms with E-state index in [1.807, 2.05) is 31.2 Å². The molecule has 0 fully saturated rings. The molecule has 1 atom stereocenters. The second-order valence-electron chi connectivity index (χ2n) is 6.03. The van der Waals surface area contributed by atoms with E-state index >= 15 is 0 Å². The van der Waals surface area contributed by atoms with Gasteiger partial charge in [-0.05, 0) is 62.0 Å². The van der Waals surface area contributed by atoms with E-state index in [2.05, 4.69) is 15.5 Å². The number of aromatic amines is 1. The van der Waals surface area contributed by atoms with Crippen LogP contribution in [0.3, 0.4) is 0 Å². The van der Waals surface area contributed by atoms with Crippen molar-refractivity contribution in [2.75, 3.05) is 0 Å². The van der Waals surface area contributed by atoms with Crippen LogP contribution in [0.1, 0.15) is 19.1 Å². The summed E-state index contributed by atoms with van der Waals surface area (Å²) in [5.74, 6) is 1.39. The highest BCUT2D eigenvalue weighted by molar-refractivity contribution is 7.71. The summed E-state index contributed by atoms with van der Waals surface area (Å²) in [6.45, 7) is 2.06. The summed E-state index contributed by atoms with van der Waals surface area (Å²) in [6.07, 6.45) is 3.22. The molecular weight excluding hydrogens is 372 g/mol. The van der Waals surface area contributed by atoms with Gasteiger partial charge < -0.3 is 9.73 Å². The molecule has 6 nitrogen and oxygen atoms in total. The maximum Gasteiger partial charge on any atom is 0.240 e. The number of nitrogens with zero attached hydrogens (tertiary/aromatic N) is 2. The summed E-state index contributed by atoms with van der Waals surface area (Å²) in [5.41, 5.74) is 0.834. The van der Waals surface area contributed by atoms with Gasteiger partial charge in [0.1, 0.15) is 12.3 Å². The van der Waals surface area contributed by atoms with E-state index in [1.165, 1.54) is 0 Å². The summed E-state index contributed by atoms with van der Waals surface area (Å²) in [4.78, 5) is 12.4. The Morgan fingerprint density at radius 1 is 1.38 bits per heavy atom. The summed E-state index contributed by atoms with van der Waals surface area (Å²) >= 11 is 11.2. The number of aromatic nitrogens is 3. The van der Waals surface area contributed by atoms with Gasteiger partial charge in [-0.3, -0.25) is 14.5 Å². The van der Waals surface area contributed by atoms with Crippen molar-refractivity contribution in [1.82, 2.24) is 20.1 Å². The van der Waals surface area contributed by atoms with E-state index in [9.17, 15) is 4.79 Å². The molecule has 0 aliphatic rings. The van der Waals surface area contributed by atoms with Crippen molar-refractivity contribution in [1.29, 1.82) is 0 Å². The molecule has 0 spiro atoms. The van der Waals surface area contributed by atoms with Gasteiger partial charge in [0.05, 0.1) is 6.26 Å². The van der Waals surface area contributed by atoms with Crippen molar-refractivity contribution in [2.45, 2.75) is 32.4 Å². The summed E-state index contributed by atoms with van der Waals surface area (Å²) in [6, 6.07) is 11.0. The van der Waals surface area contributed by atoms with Gasteiger partial charge in [0.15, 0.2) is 10.6 Å². The van der Waals surface area contributed by atoms with Crippen LogP contribution in [-0.4, -0.2) is 26.7 Å². The maximum absolute atomic E-state index is 12.4. The number of rotatable bonds is 7. The second kappa shape index (κ2) is 8.33. The van der Waals surface area contributed by atoms with Gasteiger partial charge >= 0.3 is 0 Å². The van der Waals surface area contributed by atoms with Gasteiger partial charge in [0.25, 0.3) is 0 Å². The van der Waals surface area contributed by atoms with Gasteiger partial charge in [-0.25, -0.2) is 0 Å². The van der Waals surface area contributed by atoms with E-state index < -0.39 is 0 Å². The average Bonchev–Trinajstić information content (AvgIpc) is 3.25. The number of hydrogen-bond donors (Lipinski definition) is 2. The minimum atomic E-state index is -0.121. The van der Waals surface area contributed by atoms with Crippen molar-refractivity contribution >= 4 is 29.7 Å². The summed E-state index contributed by atoms with van der Waals surface area (Å²) < 4.78 is 7.38. The SMILES string of the molecule is C[C@@H](CCc1ccco1)NC(=O)Cn1c(-c2ccc(Cl)cc2)n[nH]c1=S. The van der Waals surface area contributed by atoms with Crippen molar-refractivity contribution in [3.8, 4) is 11.4 Å². The molecule has 2 heterocycles. The molecule has 0 aliphatic heterocycles. The van der Waals surface area contributed by atoms with Crippen molar-refractivity contribution in [3.63, 3.8) is 0 Å². The molecule has 8 heteroatoms. The quantitative estimate of drug-likeness (QED) is 0.598. The molecule has 0 unspecified atom stereocenters. The third kappa shape index (κ3) is 4.62. The lowest BCUT2D eigenvalue weighted by Crippen LogP contribution is -2.35. The van der Waals surface area contributed by atoms with Crippen LogP contribution in [0.15, 0.2) is 47.1 Å². The van der Waals surface area contributed by atoms with E-state index in [-0.39, 0.29) is 18.5 Å². The lowest BCUT2D eigenvalue weighted by molar-refractivity contribution is -0.122. The predicted octanol–water partition coefficient (Wildman–Crippen LogP) is 3.99. The first kappa shape index (κ1) is 18.4. The maximum atomic E-state index is 12.4. The molecule has 1 amide bonds. The molecule has 0 aliphatic carbocycles. The van der Waals surface area contributed by atoms with Gasteiger partial charge in [-0.15, -0.1) is 0 Å². The predicted molar refractivity (Wildman–Crippen MR) is 102 cm³/mol. The molecule has 1 aromatic carbocycles. The molecule has 26 heavy (non-hydrogen) atoms. The van der Waals surface area contributed by atoms with Crippen LogP contribution in [0, 0.1) is 4.77 Å². The molecule has 0 saturated carbocycles. The molecular formula is C18H19ClN4O2S. The van der Waals surface area contributed by atoms with Gasteiger partial charge in [-0.2, -0.15) is 5.10 Å². The van der Waals surface area contributed by atoms with Gasteiger partial charge in [0.2, 0.25) is 5.91 Å². The van der Waals surface area contributed by atoms with Crippen LogP contribution in [0.5, 0.6) is 0 Å². The van der Waals surface area contributed by atoms with Crippen LogP contribution in [0.2, 0.25) is 5.02 Å². The van der Waals surface area contributed by atoms with Crippen molar-refractivity contribution in [3.05, 3.63) is 58.2 Å². The Balaban J connectivity index is 1.63. The number of carbonyl (C=O) groups is 1. The van der Waals surface area contributed by atoms with Crippen LogP contribution >= 0.6 is 23.8 Å². The lowest BCUT2D eigenvalue weighted by Gasteiger charge is -2.14. The average molecular weight is 391 g/mol. The third-order valence-corrected chi connectivity index (χ3v) is 4.54. The molecule has 0 bridgehead atoms. The first-order chi connectivity index (χ1) is 12.5. The van der Waals surface area contributed by atoms with Crippen LogP contribution in [-0.2, 0) is 17.8 Å². The van der Waals surface area contributed by atoms with E-state index in [0.717, 1.165) is 24.2 Å². The normalized spacial score (nSPS) is 12.1. The lowest BCUT2D eigenvalue weighted by atomic mass is 10.1. The third-order valence-electron chi connectivity index (χ3n) is 3.97. The number of H-pyrrole nitrogens is 1. The Bertz CT molecular complexity index is 916.